The lowest BCUT2D eigenvalue weighted by Gasteiger charge is -1.98. The van der Waals surface area contributed by atoms with Crippen molar-refractivity contribution in [2.24, 2.45) is 0 Å². The second-order valence-electron chi connectivity index (χ2n) is 5.50. The van der Waals surface area contributed by atoms with Crippen molar-refractivity contribution in [1.29, 1.82) is 5.26 Å². The molecule has 2 aromatic carbocycles. The van der Waals surface area contributed by atoms with E-state index in [0.29, 0.717) is 22.1 Å². The van der Waals surface area contributed by atoms with E-state index in [1.54, 1.807) is 31.2 Å². The monoisotopic (exact) mass is 347 g/mol. The first-order valence-corrected chi connectivity index (χ1v) is 8.04. The number of aryl methyl sites for hydroxylation is 1. The van der Waals surface area contributed by atoms with Gasteiger partial charge in [-0.3, -0.25) is 4.79 Å². The summed E-state index contributed by atoms with van der Waals surface area (Å²) in [5.74, 6) is 0.687. The Balaban J connectivity index is 1.96. The zero-order chi connectivity index (χ0) is 17.8. The van der Waals surface area contributed by atoms with Gasteiger partial charge in [0, 0.05) is 10.6 Å². The molecule has 0 unspecified atom stereocenters. The first-order valence-electron chi connectivity index (χ1n) is 7.66. The van der Waals surface area contributed by atoms with E-state index in [2.05, 4.69) is 0 Å². The van der Waals surface area contributed by atoms with Crippen LogP contribution >= 0.6 is 11.6 Å². The lowest BCUT2D eigenvalue weighted by atomic mass is 10.0. The molecule has 0 saturated carbocycles. The van der Waals surface area contributed by atoms with Crippen molar-refractivity contribution in [2.45, 2.75) is 6.92 Å². The maximum Gasteiger partial charge on any atom is 0.207 e. The van der Waals surface area contributed by atoms with Gasteiger partial charge in [-0.05, 0) is 48.9 Å². The number of carbonyl (C=O) groups excluding carboxylic acids is 1. The van der Waals surface area contributed by atoms with Gasteiger partial charge < -0.3 is 4.42 Å². The van der Waals surface area contributed by atoms with Crippen LogP contribution < -0.4 is 0 Å². The Morgan fingerprint density at radius 2 is 1.80 bits per heavy atom. The quantitative estimate of drug-likeness (QED) is 0.345. The minimum absolute atomic E-state index is 0.0674. The Bertz CT molecular complexity index is 977. The van der Waals surface area contributed by atoms with Crippen LogP contribution in [-0.4, -0.2) is 5.78 Å². The number of benzene rings is 2. The number of nitrogens with zero attached hydrogens (tertiary/aromatic N) is 1. The average Bonchev–Trinajstić information content (AvgIpc) is 3.02. The molecule has 1 heterocycles. The van der Waals surface area contributed by atoms with E-state index < -0.39 is 0 Å². The van der Waals surface area contributed by atoms with Crippen molar-refractivity contribution in [3.8, 4) is 17.4 Å². The summed E-state index contributed by atoms with van der Waals surface area (Å²) in [4.78, 5) is 12.7. The fourth-order valence-corrected chi connectivity index (χ4v) is 2.60. The molecule has 4 heteroatoms. The largest absolute Gasteiger partial charge is 0.461 e. The number of allylic oxidation sites excluding steroid dienone is 1. The molecule has 3 rings (SSSR count). The molecule has 0 radical (unpaired) electrons. The van der Waals surface area contributed by atoms with E-state index in [1.165, 1.54) is 0 Å². The van der Waals surface area contributed by atoms with Gasteiger partial charge in [0.1, 0.15) is 23.2 Å². The molecule has 0 bridgehead atoms. The minimum Gasteiger partial charge on any atom is -0.461 e. The third kappa shape index (κ3) is 3.71. The molecular formula is C21H14ClNO2. The van der Waals surface area contributed by atoms with Crippen LogP contribution in [0.5, 0.6) is 0 Å². The van der Waals surface area contributed by atoms with Crippen molar-refractivity contribution >= 4 is 23.5 Å². The first kappa shape index (κ1) is 16.8. The zero-order valence-electron chi connectivity index (χ0n) is 13.5. The topological polar surface area (TPSA) is 54.0 Å². The molecule has 0 spiro atoms. The van der Waals surface area contributed by atoms with Crippen LogP contribution in [0.1, 0.15) is 21.7 Å². The molecule has 3 nitrogen and oxygen atoms in total. The summed E-state index contributed by atoms with van der Waals surface area (Å²) in [6.07, 6.45) is 1.58. The number of nitriles is 1. The van der Waals surface area contributed by atoms with E-state index in [4.69, 9.17) is 16.0 Å². The maximum absolute atomic E-state index is 12.7. The van der Waals surface area contributed by atoms with Crippen LogP contribution in [0.4, 0.5) is 0 Å². The Morgan fingerprint density at radius 1 is 1.12 bits per heavy atom. The summed E-state index contributed by atoms with van der Waals surface area (Å²) in [6.45, 7) is 1.71. The Morgan fingerprint density at radius 3 is 2.44 bits per heavy atom. The van der Waals surface area contributed by atoms with E-state index >= 15 is 0 Å². The van der Waals surface area contributed by atoms with Crippen molar-refractivity contribution in [2.75, 3.05) is 0 Å². The number of ketones is 1. The first-order chi connectivity index (χ1) is 12.1. The van der Waals surface area contributed by atoms with Crippen LogP contribution in [0.2, 0.25) is 5.02 Å². The van der Waals surface area contributed by atoms with Crippen molar-refractivity contribution in [3.63, 3.8) is 0 Å². The van der Waals surface area contributed by atoms with Crippen LogP contribution in [0.3, 0.4) is 0 Å². The number of rotatable bonds is 4. The van der Waals surface area contributed by atoms with Crippen LogP contribution in [-0.2, 0) is 0 Å². The number of Topliss-reactive ketones (excluding diaryl/α,β-unsaturated/α-hetero) is 1. The van der Waals surface area contributed by atoms with Gasteiger partial charge in [-0.2, -0.15) is 5.26 Å². The number of hydrogen-bond acceptors (Lipinski definition) is 3. The van der Waals surface area contributed by atoms with E-state index in [-0.39, 0.29) is 11.4 Å². The molecule has 0 fully saturated rings. The van der Waals surface area contributed by atoms with Gasteiger partial charge in [0.15, 0.2) is 0 Å². The number of carbonyl (C=O) groups is 1. The lowest BCUT2D eigenvalue weighted by Crippen LogP contribution is -2.02. The number of halogens is 1. The molecule has 0 saturated heterocycles. The Hall–Kier alpha value is -3.09. The molecule has 0 N–H and O–H groups in total. The van der Waals surface area contributed by atoms with E-state index in [1.807, 2.05) is 48.5 Å². The summed E-state index contributed by atoms with van der Waals surface area (Å²) in [5.41, 5.74) is 2.06. The fourth-order valence-electron chi connectivity index (χ4n) is 2.47. The molecule has 25 heavy (non-hydrogen) atoms. The lowest BCUT2D eigenvalue weighted by molar-refractivity contribution is 0.103. The molecule has 1 aromatic heterocycles. The fraction of sp³-hybridized carbons (Fsp3) is 0.0476. The number of furan rings is 1. The molecule has 0 amide bonds. The van der Waals surface area contributed by atoms with Gasteiger partial charge in [-0.25, -0.2) is 0 Å². The zero-order valence-corrected chi connectivity index (χ0v) is 14.2. The summed E-state index contributed by atoms with van der Waals surface area (Å²) < 4.78 is 5.71. The van der Waals surface area contributed by atoms with Gasteiger partial charge in [-0.1, -0.05) is 41.9 Å². The second-order valence-corrected chi connectivity index (χ2v) is 5.93. The summed E-state index contributed by atoms with van der Waals surface area (Å²) >= 11 is 5.90. The second kappa shape index (κ2) is 7.21. The molecular weight excluding hydrogens is 334 g/mol. The predicted octanol–water partition coefficient (Wildman–Crippen LogP) is 5.70. The highest BCUT2D eigenvalue weighted by Gasteiger charge is 2.19. The molecule has 0 aliphatic heterocycles. The molecule has 0 aliphatic carbocycles. The molecule has 122 valence electrons. The molecule has 0 aliphatic rings. The summed E-state index contributed by atoms with van der Waals surface area (Å²) in [5, 5.41) is 10.0. The maximum atomic E-state index is 12.7. The SMILES string of the molecule is Cc1oc(-c2ccc(Cl)cc2)cc1C(=O)/C(C#N)=C/c1ccccc1. The minimum atomic E-state index is -0.354. The average molecular weight is 348 g/mol. The van der Waals surface area contributed by atoms with Gasteiger partial charge in [0.25, 0.3) is 0 Å². The van der Waals surface area contributed by atoms with Gasteiger partial charge in [0.05, 0.1) is 5.56 Å². The van der Waals surface area contributed by atoms with E-state index in [0.717, 1.165) is 11.1 Å². The predicted molar refractivity (Wildman–Crippen MR) is 98.3 cm³/mol. The Labute approximate surface area is 150 Å². The van der Waals surface area contributed by atoms with Gasteiger partial charge >= 0.3 is 0 Å². The Kier molecular flexibility index (Phi) is 4.83. The van der Waals surface area contributed by atoms with Gasteiger partial charge in [0.2, 0.25) is 5.78 Å². The van der Waals surface area contributed by atoms with Gasteiger partial charge in [-0.15, -0.1) is 0 Å². The summed E-state index contributed by atoms with van der Waals surface area (Å²) in [7, 11) is 0. The standard InChI is InChI=1S/C21H14ClNO2/c1-14-19(12-20(25-14)16-7-9-18(22)10-8-16)21(24)17(13-23)11-15-5-3-2-4-6-15/h2-12H,1H3/b17-11+. The summed E-state index contributed by atoms with van der Waals surface area (Å²) in [6, 6.07) is 20.1. The highest BCUT2D eigenvalue weighted by atomic mass is 35.5. The third-order valence-electron chi connectivity index (χ3n) is 3.77. The van der Waals surface area contributed by atoms with Crippen molar-refractivity contribution in [1.82, 2.24) is 0 Å². The van der Waals surface area contributed by atoms with E-state index in [9.17, 15) is 10.1 Å². The molecule has 3 aromatic rings. The molecule has 0 atom stereocenters. The number of hydrogen-bond donors (Lipinski definition) is 0. The normalized spacial score (nSPS) is 11.2. The third-order valence-corrected chi connectivity index (χ3v) is 4.02. The highest BCUT2D eigenvalue weighted by molar-refractivity contribution is 6.30. The van der Waals surface area contributed by atoms with Crippen molar-refractivity contribution < 1.29 is 9.21 Å². The van der Waals surface area contributed by atoms with Crippen LogP contribution in [0.25, 0.3) is 17.4 Å². The van der Waals surface area contributed by atoms with Crippen LogP contribution in [0, 0.1) is 18.3 Å². The highest BCUT2D eigenvalue weighted by Crippen LogP contribution is 2.28. The van der Waals surface area contributed by atoms with Crippen molar-refractivity contribution in [3.05, 3.63) is 88.1 Å². The smallest absolute Gasteiger partial charge is 0.207 e. The van der Waals surface area contributed by atoms with Crippen LogP contribution in [0.15, 0.2) is 70.7 Å².